The lowest BCUT2D eigenvalue weighted by Gasteiger charge is -2.18. The summed E-state index contributed by atoms with van der Waals surface area (Å²) in [5.41, 5.74) is 0. The van der Waals surface area contributed by atoms with E-state index in [0.29, 0.717) is 0 Å². The summed E-state index contributed by atoms with van der Waals surface area (Å²) >= 11 is 1.29. The lowest BCUT2D eigenvalue weighted by Crippen LogP contribution is -2.13. The van der Waals surface area contributed by atoms with Crippen molar-refractivity contribution < 1.29 is 8.96 Å². The second kappa shape index (κ2) is 6.51. The molecular weight excluding hydrogens is 314 g/mol. The van der Waals surface area contributed by atoms with Crippen LogP contribution in [0.5, 0.6) is 0 Å². The van der Waals surface area contributed by atoms with E-state index in [1.54, 1.807) is 12.1 Å². The van der Waals surface area contributed by atoms with Crippen molar-refractivity contribution in [3.8, 4) is 0 Å². The van der Waals surface area contributed by atoms with Crippen molar-refractivity contribution in [1.82, 2.24) is 0 Å². The van der Waals surface area contributed by atoms with Crippen LogP contribution in [-0.4, -0.2) is 0 Å². The average molecular weight is 328 g/mol. The Morgan fingerprint density at radius 2 is 1.14 bits per heavy atom. The molecular formula is C18H14FOPS. The zero-order chi connectivity index (χ0) is 15.4. The molecule has 4 heteroatoms. The fourth-order valence-corrected chi connectivity index (χ4v) is 6.96. The molecule has 0 N–H and O–H groups in total. The van der Waals surface area contributed by atoms with Crippen LogP contribution in [0.15, 0.2) is 89.8 Å². The minimum atomic E-state index is -2.87. The number of rotatable bonds is 4. The minimum Gasteiger partial charge on any atom is -0.302 e. The van der Waals surface area contributed by atoms with Crippen molar-refractivity contribution in [2.75, 3.05) is 0 Å². The van der Waals surface area contributed by atoms with Gasteiger partial charge in [-0.05, 0) is 24.3 Å². The molecule has 0 radical (unpaired) electrons. The highest BCUT2D eigenvalue weighted by molar-refractivity contribution is 8.62. The topological polar surface area (TPSA) is 17.1 Å². The molecule has 0 saturated carbocycles. The van der Waals surface area contributed by atoms with Crippen molar-refractivity contribution in [1.29, 1.82) is 0 Å². The van der Waals surface area contributed by atoms with Gasteiger partial charge < -0.3 is 4.57 Å². The summed E-state index contributed by atoms with van der Waals surface area (Å²) in [5, 5.41) is 1.58. The van der Waals surface area contributed by atoms with Crippen molar-refractivity contribution in [3.63, 3.8) is 0 Å². The Hall–Kier alpha value is -1.83. The van der Waals surface area contributed by atoms with E-state index in [1.165, 1.54) is 23.5 Å². The van der Waals surface area contributed by atoms with E-state index in [9.17, 15) is 8.96 Å². The molecule has 0 atom stereocenters. The van der Waals surface area contributed by atoms with E-state index in [-0.39, 0.29) is 5.82 Å². The van der Waals surface area contributed by atoms with E-state index in [0.717, 1.165) is 15.5 Å². The summed E-state index contributed by atoms with van der Waals surface area (Å²) in [6, 6.07) is 25.0. The molecule has 0 heterocycles. The van der Waals surface area contributed by atoms with Gasteiger partial charge in [-0.25, -0.2) is 4.39 Å². The quantitative estimate of drug-likeness (QED) is 0.637. The molecule has 0 aliphatic rings. The van der Waals surface area contributed by atoms with E-state index in [1.807, 2.05) is 60.7 Å². The molecule has 0 amide bonds. The molecule has 22 heavy (non-hydrogen) atoms. The molecule has 0 aliphatic carbocycles. The van der Waals surface area contributed by atoms with Crippen LogP contribution in [0.2, 0.25) is 0 Å². The van der Waals surface area contributed by atoms with Crippen LogP contribution >= 0.6 is 17.7 Å². The van der Waals surface area contributed by atoms with Gasteiger partial charge in [0.2, 0.25) is 0 Å². The summed E-state index contributed by atoms with van der Waals surface area (Å²) in [6.45, 7) is 0. The van der Waals surface area contributed by atoms with Gasteiger partial charge in [-0.15, -0.1) is 0 Å². The molecule has 0 spiro atoms. The van der Waals surface area contributed by atoms with Crippen LogP contribution in [0.25, 0.3) is 0 Å². The maximum absolute atomic E-state index is 13.7. The summed E-state index contributed by atoms with van der Waals surface area (Å²) < 4.78 is 26.8. The molecule has 3 rings (SSSR count). The van der Waals surface area contributed by atoms with Gasteiger partial charge in [0, 0.05) is 15.5 Å². The Morgan fingerprint density at radius 3 is 1.59 bits per heavy atom. The standard InChI is InChI=1S/C18H14FOPS/c19-15-11-13-18(14-12-15)22-21(20,16-7-3-1-4-8-16)17-9-5-2-6-10-17/h1-14H. The Kier molecular flexibility index (Phi) is 4.47. The number of benzene rings is 3. The first-order valence-corrected chi connectivity index (χ1v) is 9.98. The van der Waals surface area contributed by atoms with Gasteiger partial charge in [-0.1, -0.05) is 72.0 Å². The largest absolute Gasteiger partial charge is 0.302 e. The summed E-state index contributed by atoms with van der Waals surface area (Å²) in [4.78, 5) is 0.789. The molecule has 0 aromatic heterocycles. The fraction of sp³-hybridized carbons (Fsp3) is 0. The van der Waals surface area contributed by atoms with Crippen LogP contribution in [-0.2, 0) is 4.57 Å². The number of hydrogen-bond acceptors (Lipinski definition) is 2. The van der Waals surface area contributed by atoms with Crippen molar-refractivity contribution >= 4 is 28.3 Å². The van der Waals surface area contributed by atoms with Crippen molar-refractivity contribution in [3.05, 3.63) is 90.7 Å². The molecule has 3 aromatic rings. The molecule has 110 valence electrons. The molecule has 1 nitrogen and oxygen atoms in total. The highest BCUT2D eigenvalue weighted by Gasteiger charge is 2.28. The van der Waals surface area contributed by atoms with Gasteiger partial charge in [0.05, 0.1) is 0 Å². The summed E-state index contributed by atoms with van der Waals surface area (Å²) in [5.74, 6) is -0.293. The zero-order valence-corrected chi connectivity index (χ0v) is 13.4. The Labute approximate surface area is 133 Å². The smallest absolute Gasteiger partial charge is 0.199 e. The van der Waals surface area contributed by atoms with Crippen molar-refractivity contribution in [2.45, 2.75) is 4.90 Å². The van der Waals surface area contributed by atoms with Crippen LogP contribution in [0.4, 0.5) is 4.39 Å². The lowest BCUT2D eigenvalue weighted by atomic mass is 10.4. The van der Waals surface area contributed by atoms with E-state index in [2.05, 4.69) is 0 Å². The molecule has 0 unspecified atom stereocenters. The molecule has 0 saturated heterocycles. The first kappa shape index (κ1) is 15.1. The third kappa shape index (κ3) is 3.16. The number of hydrogen-bond donors (Lipinski definition) is 0. The number of halogens is 1. The van der Waals surface area contributed by atoms with Gasteiger partial charge in [-0.2, -0.15) is 0 Å². The Balaban J connectivity index is 2.08. The van der Waals surface area contributed by atoms with E-state index in [4.69, 9.17) is 0 Å². The zero-order valence-electron chi connectivity index (χ0n) is 11.7. The molecule has 0 fully saturated rings. The fourth-order valence-electron chi connectivity index (χ4n) is 2.15. The Morgan fingerprint density at radius 1 is 0.682 bits per heavy atom. The van der Waals surface area contributed by atoms with Crippen LogP contribution in [0.3, 0.4) is 0 Å². The van der Waals surface area contributed by atoms with Crippen LogP contribution in [0, 0.1) is 5.82 Å². The van der Waals surface area contributed by atoms with Crippen LogP contribution < -0.4 is 10.6 Å². The van der Waals surface area contributed by atoms with Crippen molar-refractivity contribution in [2.24, 2.45) is 0 Å². The van der Waals surface area contributed by atoms with Gasteiger partial charge in [-0.3, -0.25) is 0 Å². The minimum absolute atomic E-state index is 0.293. The van der Waals surface area contributed by atoms with E-state index < -0.39 is 6.34 Å². The molecule has 0 bridgehead atoms. The maximum Gasteiger partial charge on any atom is 0.199 e. The third-order valence-electron chi connectivity index (χ3n) is 3.24. The monoisotopic (exact) mass is 328 g/mol. The van der Waals surface area contributed by atoms with E-state index >= 15 is 0 Å². The Bertz CT molecular complexity index is 745. The predicted molar refractivity (Wildman–Crippen MR) is 92.0 cm³/mol. The predicted octanol–water partition coefficient (Wildman–Crippen LogP) is 4.85. The third-order valence-corrected chi connectivity index (χ3v) is 8.60. The average Bonchev–Trinajstić information content (AvgIpc) is 2.58. The normalized spacial score (nSPS) is 11.3. The summed E-state index contributed by atoms with van der Waals surface area (Å²) in [7, 11) is 0. The maximum atomic E-state index is 13.7. The van der Waals surface area contributed by atoms with Gasteiger partial charge >= 0.3 is 0 Å². The van der Waals surface area contributed by atoms with Crippen LogP contribution in [0.1, 0.15) is 0 Å². The first-order chi connectivity index (χ1) is 10.7. The highest BCUT2D eigenvalue weighted by atomic mass is 32.7. The summed E-state index contributed by atoms with van der Waals surface area (Å²) in [6.07, 6.45) is -2.87. The SMILES string of the molecule is O=P(Sc1ccc(F)cc1)(c1ccccc1)c1ccccc1. The first-order valence-electron chi connectivity index (χ1n) is 6.85. The second-order valence-corrected chi connectivity index (χ2v) is 9.65. The van der Waals surface area contributed by atoms with Gasteiger partial charge in [0.15, 0.2) is 6.34 Å². The molecule has 0 aliphatic heterocycles. The second-order valence-electron chi connectivity index (χ2n) is 4.77. The highest BCUT2D eigenvalue weighted by Crippen LogP contribution is 2.59. The van der Waals surface area contributed by atoms with Gasteiger partial charge in [0.1, 0.15) is 5.82 Å². The lowest BCUT2D eigenvalue weighted by molar-refractivity contribution is 0.595. The van der Waals surface area contributed by atoms with Gasteiger partial charge in [0.25, 0.3) is 0 Å². The molecule has 3 aromatic carbocycles.